The van der Waals surface area contributed by atoms with Crippen LogP contribution in [0.2, 0.25) is 0 Å². The SMILES string of the molecule is CC.CC.CC(C)(C)n1ccccc1=O.CN1CCCN(C(C)(C)C)C1=O. The minimum absolute atomic E-state index is 0.0359. The fourth-order valence-electron chi connectivity index (χ4n) is 2.47. The van der Waals surface area contributed by atoms with E-state index in [-0.39, 0.29) is 22.7 Å². The second kappa shape index (κ2) is 12.6. The number of hydrogen-bond donors (Lipinski definition) is 0. The molecule has 0 bridgehead atoms. The number of amides is 2. The summed E-state index contributed by atoms with van der Waals surface area (Å²) < 4.78 is 1.72. The van der Waals surface area contributed by atoms with Gasteiger partial charge in [0.15, 0.2) is 0 Å². The molecule has 0 N–H and O–H groups in total. The predicted octanol–water partition coefficient (Wildman–Crippen LogP) is 5.20. The van der Waals surface area contributed by atoms with Gasteiger partial charge in [0.25, 0.3) is 5.56 Å². The van der Waals surface area contributed by atoms with Crippen molar-refractivity contribution < 1.29 is 4.79 Å². The van der Waals surface area contributed by atoms with Crippen LogP contribution in [0.25, 0.3) is 0 Å². The summed E-state index contributed by atoms with van der Waals surface area (Å²) in [5, 5.41) is 0. The fourth-order valence-corrected chi connectivity index (χ4v) is 2.47. The molecule has 0 radical (unpaired) electrons. The zero-order chi connectivity index (χ0) is 21.8. The lowest BCUT2D eigenvalue weighted by molar-refractivity contribution is 0.0936. The maximum atomic E-state index is 11.6. The van der Waals surface area contributed by atoms with Gasteiger partial charge in [-0.1, -0.05) is 33.8 Å². The van der Waals surface area contributed by atoms with E-state index < -0.39 is 0 Å². The smallest absolute Gasteiger partial charge is 0.320 e. The second-order valence-electron chi connectivity index (χ2n) is 7.96. The molecule has 158 valence electrons. The number of rotatable bonds is 0. The topological polar surface area (TPSA) is 45.6 Å². The van der Waals surface area contributed by atoms with Gasteiger partial charge in [-0.05, 0) is 54.0 Å². The lowest BCUT2D eigenvalue weighted by Gasteiger charge is -2.41. The Morgan fingerprint density at radius 2 is 1.33 bits per heavy atom. The molecule has 2 heterocycles. The van der Waals surface area contributed by atoms with Crippen LogP contribution < -0.4 is 5.56 Å². The molecule has 0 saturated carbocycles. The summed E-state index contributed by atoms with van der Waals surface area (Å²) in [5.41, 5.74) is -0.0931. The van der Waals surface area contributed by atoms with Crippen LogP contribution in [0.5, 0.6) is 0 Å². The number of aromatic nitrogens is 1. The number of hydrogen-bond acceptors (Lipinski definition) is 2. The van der Waals surface area contributed by atoms with Crippen molar-refractivity contribution in [3.05, 3.63) is 34.7 Å². The van der Waals surface area contributed by atoms with Crippen molar-refractivity contribution >= 4 is 6.03 Å². The van der Waals surface area contributed by atoms with Gasteiger partial charge in [0, 0.05) is 43.5 Å². The molecule has 1 aromatic rings. The highest BCUT2D eigenvalue weighted by atomic mass is 16.2. The van der Waals surface area contributed by atoms with Crippen LogP contribution in [0.3, 0.4) is 0 Å². The highest BCUT2D eigenvalue weighted by Crippen LogP contribution is 2.18. The van der Waals surface area contributed by atoms with Gasteiger partial charge in [0.2, 0.25) is 0 Å². The van der Waals surface area contributed by atoms with E-state index in [9.17, 15) is 9.59 Å². The van der Waals surface area contributed by atoms with Crippen LogP contribution >= 0.6 is 0 Å². The van der Waals surface area contributed by atoms with Gasteiger partial charge >= 0.3 is 6.03 Å². The van der Waals surface area contributed by atoms with Crippen molar-refractivity contribution in [2.24, 2.45) is 0 Å². The number of carbonyl (C=O) groups excluding carboxylic acids is 1. The van der Waals surface area contributed by atoms with Gasteiger partial charge in [-0.15, -0.1) is 0 Å². The van der Waals surface area contributed by atoms with Gasteiger partial charge in [-0.2, -0.15) is 0 Å². The van der Waals surface area contributed by atoms with Crippen molar-refractivity contribution in [1.29, 1.82) is 0 Å². The molecule has 0 unspecified atom stereocenters. The highest BCUT2D eigenvalue weighted by Gasteiger charge is 2.31. The van der Waals surface area contributed by atoms with Crippen molar-refractivity contribution in [2.75, 3.05) is 20.1 Å². The van der Waals surface area contributed by atoms with Gasteiger partial charge in [-0.25, -0.2) is 4.79 Å². The molecule has 1 fully saturated rings. The number of carbonyl (C=O) groups is 1. The van der Waals surface area contributed by atoms with Gasteiger partial charge in [-0.3, -0.25) is 4.79 Å². The average molecular weight is 382 g/mol. The molecule has 2 amide bonds. The molecular weight excluding hydrogens is 338 g/mol. The summed E-state index contributed by atoms with van der Waals surface area (Å²) in [6, 6.07) is 5.36. The third-order valence-electron chi connectivity index (χ3n) is 3.79. The standard InChI is InChI=1S/C9H18N2O.C9H13NO.2C2H6/c1-9(2,3)11-7-5-6-10(4)8(11)12;1-9(2,3)10-7-5-4-6-8(10)11;2*1-2/h5-7H2,1-4H3;4-7H,1-3H3;2*1-2H3. The van der Waals surface area contributed by atoms with E-state index in [1.807, 2.05) is 72.7 Å². The largest absolute Gasteiger partial charge is 0.328 e. The Hall–Kier alpha value is -1.78. The summed E-state index contributed by atoms with van der Waals surface area (Å²) in [5.74, 6) is 0. The Labute approximate surface area is 167 Å². The van der Waals surface area contributed by atoms with E-state index in [4.69, 9.17) is 0 Å². The molecular formula is C22H43N3O2. The van der Waals surface area contributed by atoms with Crippen molar-refractivity contribution in [2.45, 2.75) is 86.7 Å². The Bertz CT molecular complexity index is 580. The first-order valence-corrected chi connectivity index (χ1v) is 10.2. The van der Waals surface area contributed by atoms with E-state index in [2.05, 4.69) is 20.8 Å². The molecule has 2 rings (SSSR count). The lowest BCUT2D eigenvalue weighted by Crippen LogP contribution is -2.55. The first-order valence-electron chi connectivity index (χ1n) is 10.2. The van der Waals surface area contributed by atoms with E-state index in [1.165, 1.54) is 0 Å². The molecule has 27 heavy (non-hydrogen) atoms. The van der Waals surface area contributed by atoms with E-state index in [0.29, 0.717) is 0 Å². The molecule has 0 spiro atoms. The van der Waals surface area contributed by atoms with Gasteiger partial charge < -0.3 is 14.4 Å². The normalized spacial score (nSPS) is 14.1. The molecule has 0 aliphatic carbocycles. The van der Waals surface area contributed by atoms with Crippen LogP contribution in [0.4, 0.5) is 4.79 Å². The Morgan fingerprint density at radius 1 is 0.815 bits per heavy atom. The van der Waals surface area contributed by atoms with E-state index in [0.717, 1.165) is 19.5 Å². The van der Waals surface area contributed by atoms with Crippen LogP contribution in [0.15, 0.2) is 29.2 Å². The second-order valence-corrected chi connectivity index (χ2v) is 7.96. The lowest BCUT2D eigenvalue weighted by atomic mass is 10.1. The number of pyridine rings is 1. The fraction of sp³-hybridized carbons (Fsp3) is 0.727. The number of nitrogens with zero attached hydrogens (tertiary/aromatic N) is 3. The first-order chi connectivity index (χ1) is 12.4. The van der Waals surface area contributed by atoms with Crippen LogP contribution in [0, 0.1) is 0 Å². The number of urea groups is 1. The minimum atomic E-state index is -0.113. The monoisotopic (exact) mass is 381 g/mol. The maximum Gasteiger partial charge on any atom is 0.320 e. The summed E-state index contributed by atoms with van der Waals surface area (Å²) in [4.78, 5) is 26.6. The van der Waals surface area contributed by atoms with E-state index >= 15 is 0 Å². The zero-order valence-corrected chi connectivity index (χ0v) is 19.6. The molecule has 1 saturated heterocycles. The Morgan fingerprint density at radius 3 is 1.67 bits per heavy atom. The van der Waals surface area contributed by atoms with Gasteiger partial charge in [0.05, 0.1) is 0 Å². The van der Waals surface area contributed by atoms with Crippen molar-refractivity contribution in [1.82, 2.24) is 14.4 Å². The third kappa shape index (κ3) is 9.64. The van der Waals surface area contributed by atoms with Crippen LogP contribution in [0.1, 0.15) is 75.7 Å². The minimum Gasteiger partial charge on any atom is -0.328 e. The maximum absolute atomic E-state index is 11.6. The zero-order valence-electron chi connectivity index (χ0n) is 19.6. The highest BCUT2D eigenvalue weighted by molar-refractivity contribution is 5.75. The molecule has 1 aliphatic heterocycles. The Kier molecular flexibility index (Phi) is 12.8. The molecule has 0 atom stereocenters. The molecule has 1 aromatic heterocycles. The van der Waals surface area contributed by atoms with Crippen molar-refractivity contribution in [3.8, 4) is 0 Å². The molecule has 5 nitrogen and oxygen atoms in total. The molecule has 5 heteroatoms. The predicted molar refractivity (Wildman–Crippen MR) is 117 cm³/mol. The van der Waals surface area contributed by atoms with E-state index in [1.54, 1.807) is 21.6 Å². The van der Waals surface area contributed by atoms with Gasteiger partial charge in [0.1, 0.15) is 0 Å². The third-order valence-corrected chi connectivity index (χ3v) is 3.79. The average Bonchev–Trinajstić information content (AvgIpc) is 2.60. The van der Waals surface area contributed by atoms with Crippen LogP contribution in [-0.4, -0.2) is 46.1 Å². The van der Waals surface area contributed by atoms with Crippen molar-refractivity contribution in [3.63, 3.8) is 0 Å². The first kappa shape index (κ1) is 27.4. The molecule has 1 aliphatic rings. The summed E-state index contributed by atoms with van der Waals surface area (Å²) in [6.07, 6.45) is 2.89. The van der Waals surface area contributed by atoms with Crippen LogP contribution in [-0.2, 0) is 5.54 Å². The summed E-state index contributed by atoms with van der Waals surface area (Å²) in [6.45, 7) is 22.0. The quantitative estimate of drug-likeness (QED) is 0.620. The Balaban J connectivity index is 0. The molecule has 0 aromatic carbocycles. The summed E-state index contributed by atoms with van der Waals surface area (Å²) >= 11 is 0. The summed E-state index contributed by atoms with van der Waals surface area (Å²) in [7, 11) is 1.86.